The van der Waals surface area contributed by atoms with Crippen LogP contribution < -0.4 is 5.32 Å². The molecule has 0 aliphatic carbocycles. The van der Waals surface area contributed by atoms with Gasteiger partial charge in [-0.1, -0.05) is 29.8 Å². The van der Waals surface area contributed by atoms with Gasteiger partial charge in [-0.2, -0.15) is 0 Å². The summed E-state index contributed by atoms with van der Waals surface area (Å²) < 4.78 is 10.7. The summed E-state index contributed by atoms with van der Waals surface area (Å²) in [7, 11) is 0. The van der Waals surface area contributed by atoms with Crippen LogP contribution in [0.25, 0.3) is 0 Å². The quantitative estimate of drug-likeness (QED) is 0.726. The molecular weight excluding hydrogens is 354 g/mol. The summed E-state index contributed by atoms with van der Waals surface area (Å²) >= 11 is 5.88. The average molecular weight is 376 g/mol. The molecule has 0 unspecified atom stereocenters. The van der Waals surface area contributed by atoms with Crippen LogP contribution in [0.3, 0.4) is 0 Å². The zero-order valence-corrected chi connectivity index (χ0v) is 15.7. The van der Waals surface area contributed by atoms with Crippen LogP contribution in [0.5, 0.6) is 0 Å². The molecule has 26 heavy (non-hydrogen) atoms. The van der Waals surface area contributed by atoms with Gasteiger partial charge in [0, 0.05) is 10.7 Å². The van der Waals surface area contributed by atoms with E-state index in [4.69, 9.17) is 21.1 Å². The fraction of sp³-hybridized carbons (Fsp3) is 0.300. The van der Waals surface area contributed by atoms with Crippen molar-refractivity contribution in [1.82, 2.24) is 0 Å². The van der Waals surface area contributed by atoms with Crippen molar-refractivity contribution in [3.63, 3.8) is 0 Å². The summed E-state index contributed by atoms with van der Waals surface area (Å²) in [6.45, 7) is 5.91. The van der Waals surface area contributed by atoms with Crippen LogP contribution in [-0.2, 0) is 20.9 Å². The van der Waals surface area contributed by atoms with Gasteiger partial charge in [0.15, 0.2) is 6.10 Å². The minimum atomic E-state index is -0.939. The van der Waals surface area contributed by atoms with Crippen LogP contribution in [0.1, 0.15) is 36.7 Å². The molecule has 138 valence electrons. The summed E-state index contributed by atoms with van der Waals surface area (Å²) in [4.78, 5) is 24.3. The molecule has 0 saturated carbocycles. The minimum Gasteiger partial charge on any atom is -0.449 e. The highest BCUT2D eigenvalue weighted by atomic mass is 35.5. The maximum absolute atomic E-state index is 12.2. The van der Waals surface area contributed by atoms with Gasteiger partial charge in [0.25, 0.3) is 5.91 Å². The lowest BCUT2D eigenvalue weighted by Crippen LogP contribution is -2.30. The molecule has 6 heteroatoms. The lowest BCUT2D eigenvalue weighted by molar-refractivity contribution is -0.123. The van der Waals surface area contributed by atoms with Crippen molar-refractivity contribution in [3.05, 3.63) is 64.7 Å². The fourth-order valence-electron chi connectivity index (χ4n) is 2.09. The Morgan fingerprint density at radius 3 is 2.38 bits per heavy atom. The molecule has 1 atom stereocenters. The Bertz CT molecular complexity index is 759. The number of nitrogens with one attached hydrogen (secondary N) is 1. The molecule has 0 radical (unpaired) electrons. The van der Waals surface area contributed by atoms with E-state index in [0.717, 1.165) is 5.56 Å². The smallest absolute Gasteiger partial charge is 0.338 e. The van der Waals surface area contributed by atoms with Crippen molar-refractivity contribution in [2.24, 2.45) is 0 Å². The van der Waals surface area contributed by atoms with Crippen molar-refractivity contribution in [1.29, 1.82) is 0 Å². The van der Waals surface area contributed by atoms with Gasteiger partial charge in [-0.05, 0) is 56.7 Å². The number of esters is 1. The third-order valence-corrected chi connectivity index (χ3v) is 3.75. The number of ether oxygens (including phenoxy) is 2. The number of hydrogen-bond acceptors (Lipinski definition) is 4. The third kappa shape index (κ3) is 6.17. The molecule has 5 nitrogen and oxygen atoms in total. The van der Waals surface area contributed by atoms with Crippen LogP contribution in [0.15, 0.2) is 48.5 Å². The van der Waals surface area contributed by atoms with Crippen molar-refractivity contribution < 1.29 is 19.1 Å². The molecular formula is C20H22ClNO4. The largest absolute Gasteiger partial charge is 0.449 e. The van der Waals surface area contributed by atoms with Gasteiger partial charge in [-0.25, -0.2) is 4.79 Å². The molecule has 2 aromatic rings. The average Bonchev–Trinajstić information content (AvgIpc) is 2.60. The predicted octanol–water partition coefficient (Wildman–Crippen LogP) is 4.45. The Balaban J connectivity index is 1.90. The molecule has 0 saturated heterocycles. The van der Waals surface area contributed by atoms with Gasteiger partial charge in [-0.3, -0.25) is 4.79 Å². The minimum absolute atomic E-state index is 0.137. The molecule has 0 aliphatic rings. The van der Waals surface area contributed by atoms with Crippen LogP contribution in [0.4, 0.5) is 5.69 Å². The van der Waals surface area contributed by atoms with E-state index < -0.39 is 18.0 Å². The van der Waals surface area contributed by atoms with Gasteiger partial charge in [-0.15, -0.1) is 0 Å². The normalized spacial score (nSPS) is 11.9. The number of benzene rings is 2. The van der Waals surface area contributed by atoms with E-state index in [2.05, 4.69) is 5.32 Å². The summed E-state index contributed by atoms with van der Waals surface area (Å²) in [5.74, 6) is -0.988. The molecule has 0 spiro atoms. The third-order valence-electron chi connectivity index (χ3n) is 3.52. The number of anilines is 1. The van der Waals surface area contributed by atoms with Gasteiger partial charge in [0.05, 0.1) is 18.3 Å². The highest BCUT2D eigenvalue weighted by Gasteiger charge is 2.19. The molecule has 0 heterocycles. The fourth-order valence-corrected chi connectivity index (χ4v) is 2.28. The molecule has 1 N–H and O–H groups in total. The first kappa shape index (κ1) is 19.9. The SMILES string of the molecule is CC(C)OCc1ccc(C(=O)O[C@H](C)C(=O)Nc2cccc(Cl)c2)cc1. The maximum atomic E-state index is 12.2. The first-order valence-electron chi connectivity index (χ1n) is 8.33. The van der Waals surface area contributed by atoms with E-state index in [1.54, 1.807) is 48.5 Å². The Hall–Kier alpha value is -2.37. The van der Waals surface area contributed by atoms with Crippen molar-refractivity contribution >= 4 is 29.2 Å². The summed E-state index contributed by atoms with van der Waals surface area (Å²) in [5, 5.41) is 3.17. The zero-order chi connectivity index (χ0) is 19.1. The Labute approximate surface area is 158 Å². The molecule has 0 aliphatic heterocycles. The van der Waals surface area contributed by atoms with Gasteiger partial charge < -0.3 is 14.8 Å². The molecule has 0 aromatic heterocycles. The second kappa shape index (κ2) is 9.36. The van der Waals surface area contributed by atoms with Crippen LogP contribution in [0, 0.1) is 0 Å². The highest BCUT2D eigenvalue weighted by Crippen LogP contribution is 2.16. The summed E-state index contributed by atoms with van der Waals surface area (Å²) in [6.07, 6.45) is -0.802. The zero-order valence-electron chi connectivity index (χ0n) is 15.0. The van der Waals surface area contributed by atoms with E-state index in [1.807, 2.05) is 13.8 Å². The Morgan fingerprint density at radius 2 is 1.77 bits per heavy atom. The second-order valence-electron chi connectivity index (χ2n) is 6.10. The molecule has 0 fully saturated rings. The van der Waals surface area contributed by atoms with Crippen molar-refractivity contribution in [2.75, 3.05) is 5.32 Å². The van der Waals surface area contributed by atoms with Gasteiger partial charge >= 0.3 is 5.97 Å². The van der Waals surface area contributed by atoms with Crippen molar-refractivity contribution in [2.45, 2.75) is 39.6 Å². The van der Waals surface area contributed by atoms with Crippen molar-refractivity contribution in [3.8, 4) is 0 Å². The standard InChI is InChI=1S/C20H22ClNO4/c1-13(2)25-12-15-7-9-16(10-8-15)20(24)26-14(3)19(23)22-18-6-4-5-17(21)11-18/h4-11,13-14H,12H2,1-3H3,(H,22,23)/t14-/m1/s1. The Morgan fingerprint density at radius 1 is 1.08 bits per heavy atom. The maximum Gasteiger partial charge on any atom is 0.338 e. The highest BCUT2D eigenvalue weighted by molar-refractivity contribution is 6.30. The van der Waals surface area contributed by atoms with Crippen LogP contribution >= 0.6 is 11.6 Å². The van der Waals surface area contributed by atoms with Gasteiger partial charge in [0.2, 0.25) is 0 Å². The van der Waals surface area contributed by atoms with Crippen LogP contribution in [-0.4, -0.2) is 24.1 Å². The molecule has 2 rings (SSSR count). The van der Waals surface area contributed by atoms with E-state index in [1.165, 1.54) is 6.92 Å². The van der Waals surface area contributed by atoms with E-state index >= 15 is 0 Å². The summed E-state index contributed by atoms with van der Waals surface area (Å²) in [6, 6.07) is 13.7. The van der Waals surface area contributed by atoms with Crippen LogP contribution in [0.2, 0.25) is 5.02 Å². The lowest BCUT2D eigenvalue weighted by Gasteiger charge is -2.14. The monoisotopic (exact) mass is 375 g/mol. The first-order chi connectivity index (χ1) is 12.3. The number of amides is 1. The number of carbonyl (C=O) groups excluding carboxylic acids is 2. The molecule has 0 bridgehead atoms. The lowest BCUT2D eigenvalue weighted by atomic mass is 10.1. The first-order valence-corrected chi connectivity index (χ1v) is 8.71. The summed E-state index contributed by atoms with van der Waals surface area (Å²) in [5.41, 5.74) is 1.88. The van der Waals surface area contributed by atoms with Gasteiger partial charge in [0.1, 0.15) is 0 Å². The van der Waals surface area contributed by atoms with E-state index in [9.17, 15) is 9.59 Å². The van der Waals surface area contributed by atoms with E-state index in [-0.39, 0.29) is 6.10 Å². The Kier molecular flexibility index (Phi) is 7.18. The number of carbonyl (C=O) groups is 2. The number of rotatable bonds is 7. The molecule has 2 aromatic carbocycles. The number of hydrogen-bond donors (Lipinski definition) is 1. The molecule has 1 amide bonds. The van der Waals surface area contributed by atoms with E-state index in [0.29, 0.717) is 22.9 Å². The second-order valence-corrected chi connectivity index (χ2v) is 6.54. The number of halogens is 1. The topological polar surface area (TPSA) is 64.6 Å². The predicted molar refractivity (Wildman–Crippen MR) is 101 cm³/mol.